The number of carbonyl (C=O) groups excluding carboxylic acids is 1. The van der Waals surface area contributed by atoms with Crippen LogP contribution in [0.3, 0.4) is 0 Å². The summed E-state index contributed by atoms with van der Waals surface area (Å²) in [5.74, 6) is -0.118. The summed E-state index contributed by atoms with van der Waals surface area (Å²) in [6.45, 7) is 1.72. The van der Waals surface area contributed by atoms with Gasteiger partial charge in [-0.05, 0) is 30.3 Å². The molecule has 0 aromatic heterocycles. The Labute approximate surface area is 130 Å². The Morgan fingerprint density at radius 2 is 2.05 bits per heavy atom. The van der Waals surface area contributed by atoms with E-state index < -0.39 is 4.92 Å². The molecule has 0 heterocycles. The number of nitro groups is 1. The van der Waals surface area contributed by atoms with Crippen molar-refractivity contribution in [2.24, 2.45) is 0 Å². The van der Waals surface area contributed by atoms with Crippen molar-refractivity contribution in [3.63, 3.8) is 0 Å². The normalized spacial score (nSPS) is 10.2. The van der Waals surface area contributed by atoms with E-state index in [1.165, 1.54) is 6.07 Å². The number of nitro benzene ring substituents is 1. The zero-order valence-electron chi connectivity index (χ0n) is 11.3. The van der Waals surface area contributed by atoms with Crippen LogP contribution in [0.25, 0.3) is 0 Å². The quantitative estimate of drug-likeness (QED) is 0.483. The standard InChI is InChI=1S/C15H13BrN2O3/c1-2-15(19)10-6-7-13(14(8-10)18(20)21)17-12-5-3-4-11(16)9-12/h3-9,17H,2H2,1H3. The third kappa shape index (κ3) is 3.66. The first-order valence-corrected chi connectivity index (χ1v) is 7.14. The Hall–Kier alpha value is -2.21. The van der Waals surface area contributed by atoms with Gasteiger partial charge in [0.05, 0.1) is 4.92 Å². The van der Waals surface area contributed by atoms with Crippen molar-refractivity contribution < 1.29 is 9.72 Å². The first-order valence-electron chi connectivity index (χ1n) is 6.35. The fraction of sp³-hybridized carbons (Fsp3) is 0.133. The van der Waals surface area contributed by atoms with Crippen molar-refractivity contribution >= 4 is 38.8 Å². The lowest BCUT2D eigenvalue weighted by Gasteiger charge is -2.08. The maximum Gasteiger partial charge on any atom is 0.293 e. The number of halogens is 1. The van der Waals surface area contributed by atoms with Gasteiger partial charge in [0.2, 0.25) is 0 Å². The molecule has 108 valence electrons. The third-order valence-electron chi connectivity index (χ3n) is 2.94. The molecule has 1 N–H and O–H groups in total. The Morgan fingerprint density at radius 1 is 1.29 bits per heavy atom. The van der Waals surface area contributed by atoms with E-state index in [9.17, 15) is 14.9 Å². The molecule has 0 atom stereocenters. The van der Waals surface area contributed by atoms with Gasteiger partial charge in [0.25, 0.3) is 5.69 Å². The summed E-state index contributed by atoms with van der Waals surface area (Å²) in [6, 6.07) is 11.8. The van der Waals surface area contributed by atoms with Crippen LogP contribution in [0.5, 0.6) is 0 Å². The number of carbonyl (C=O) groups is 1. The summed E-state index contributed by atoms with van der Waals surface area (Å²) in [5, 5.41) is 14.2. The highest BCUT2D eigenvalue weighted by Crippen LogP contribution is 2.30. The van der Waals surface area contributed by atoms with Crippen LogP contribution < -0.4 is 5.32 Å². The van der Waals surface area contributed by atoms with Crippen molar-refractivity contribution in [1.82, 2.24) is 0 Å². The monoisotopic (exact) mass is 348 g/mol. The average molecular weight is 349 g/mol. The Kier molecular flexibility index (Phi) is 4.70. The molecule has 0 aliphatic rings. The summed E-state index contributed by atoms with van der Waals surface area (Å²) in [4.78, 5) is 22.3. The number of ketones is 1. The fourth-order valence-corrected chi connectivity index (χ4v) is 2.29. The largest absolute Gasteiger partial charge is 0.350 e. The van der Waals surface area contributed by atoms with Gasteiger partial charge >= 0.3 is 0 Å². The van der Waals surface area contributed by atoms with Crippen LogP contribution in [0, 0.1) is 10.1 Å². The lowest BCUT2D eigenvalue weighted by molar-refractivity contribution is -0.383. The molecule has 2 aromatic carbocycles. The predicted molar refractivity (Wildman–Crippen MR) is 85.1 cm³/mol. The van der Waals surface area contributed by atoms with Crippen LogP contribution in [0.2, 0.25) is 0 Å². The number of rotatable bonds is 5. The molecule has 0 bridgehead atoms. The second kappa shape index (κ2) is 6.49. The van der Waals surface area contributed by atoms with Crippen molar-refractivity contribution in [2.75, 3.05) is 5.32 Å². The highest BCUT2D eigenvalue weighted by atomic mass is 79.9. The summed E-state index contributed by atoms with van der Waals surface area (Å²) < 4.78 is 0.868. The number of Topliss-reactive ketones (excluding diaryl/α,β-unsaturated/α-hetero) is 1. The fourth-order valence-electron chi connectivity index (χ4n) is 1.89. The minimum atomic E-state index is -0.493. The molecule has 0 amide bonds. The zero-order chi connectivity index (χ0) is 15.4. The van der Waals surface area contributed by atoms with Gasteiger partial charge in [-0.3, -0.25) is 14.9 Å². The first kappa shape index (κ1) is 15.2. The number of nitrogens with zero attached hydrogens (tertiary/aromatic N) is 1. The highest BCUT2D eigenvalue weighted by Gasteiger charge is 2.17. The smallest absolute Gasteiger partial charge is 0.293 e. The average Bonchev–Trinajstić information content (AvgIpc) is 2.46. The maximum atomic E-state index is 11.7. The van der Waals surface area contributed by atoms with Gasteiger partial charge in [0.1, 0.15) is 5.69 Å². The van der Waals surface area contributed by atoms with Gasteiger partial charge < -0.3 is 5.32 Å². The van der Waals surface area contributed by atoms with E-state index in [-0.39, 0.29) is 11.5 Å². The van der Waals surface area contributed by atoms with Gasteiger partial charge in [0, 0.05) is 28.2 Å². The molecule has 0 aliphatic carbocycles. The summed E-state index contributed by atoms with van der Waals surface area (Å²) in [5.41, 5.74) is 1.31. The van der Waals surface area contributed by atoms with E-state index in [2.05, 4.69) is 21.2 Å². The Bertz CT molecular complexity index is 701. The summed E-state index contributed by atoms with van der Waals surface area (Å²) >= 11 is 3.34. The topological polar surface area (TPSA) is 72.2 Å². The van der Waals surface area contributed by atoms with Crippen LogP contribution in [-0.2, 0) is 0 Å². The molecular weight excluding hydrogens is 336 g/mol. The minimum Gasteiger partial charge on any atom is -0.350 e. The van der Waals surface area contributed by atoms with Crippen molar-refractivity contribution in [1.29, 1.82) is 0 Å². The number of anilines is 2. The Morgan fingerprint density at radius 3 is 2.67 bits per heavy atom. The molecule has 0 unspecified atom stereocenters. The maximum absolute atomic E-state index is 11.7. The van der Waals surface area contributed by atoms with Gasteiger partial charge in [-0.15, -0.1) is 0 Å². The van der Waals surface area contributed by atoms with Crippen molar-refractivity contribution in [2.45, 2.75) is 13.3 Å². The van der Waals surface area contributed by atoms with Gasteiger partial charge in [-0.25, -0.2) is 0 Å². The number of hydrogen-bond acceptors (Lipinski definition) is 4. The van der Waals surface area contributed by atoms with E-state index in [1.54, 1.807) is 25.1 Å². The second-order valence-electron chi connectivity index (χ2n) is 4.40. The summed E-state index contributed by atoms with van der Waals surface area (Å²) in [6.07, 6.45) is 0.315. The van der Waals surface area contributed by atoms with E-state index in [0.29, 0.717) is 17.7 Å². The van der Waals surface area contributed by atoms with E-state index >= 15 is 0 Å². The molecule has 2 rings (SSSR count). The van der Waals surface area contributed by atoms with E-state index in [1.807, 2.05) is 18.2 Å². The molecule has 0 fully saturated rings. The molecule has 0 aliphatic heterocycles. The van der Waals surface area contributed by atoms with E-state index in [4.69, 9.17) is 0 Å². The molecule has 21 heavy (non-hydrogen) atoms. The number of benzene rings is 2. The predicted octanol–water partition coefficient (Wildman–Crippen LogP) is 4.69. The first-order chi connectivity index (χ1) is 10.0. The highest BCUT2D eigenvalue weighted by molar-refractivity contribution is 9.10. The zero-order valence-corrected chi connectivity index (χ0v) is 12.9. The van der Waals surface area contributed by atoms with E-state index in [0.717, 1.165) is 10.2 Å². The van der Waals surface area contributed by atoms with Crippen molar-refractivity contribution in [3.05, 3.63) is 62.6 Å². The lowest BCUT2D eigenvalue weighted by Crippen LogP contribution is -2.01. The van der Waals surface area contributed by atoms with Crippen molar-refractivity contribution in [3.8, 4) is 0 Å². The van der Waals surface area contributed by atoms with Crippen LogP contribution in [0.4, 0.5) is 17.1 Å². The lowest BCUT2D eigenvalue weighted by atomic mass is 10.1. The van der Waals surface area contributed by atoms with Gasteiger partial charge in [-0.1, -0.05) is 28.9 Å². The minimum absolute atomic E-state index is 0.116. The molecule has 5 nitrogen and oxygen atoms in total. The van der Waals surface area contributed by atoms with Crippen LogP contribution in [-0.4, -0.2) is 10.7 Å². The number of nitrogens with one attached hydrogen (secondary N) is 1. The van der Waals surface area contributed by atoms with Gasteiger partial charge in [0.15, 0.2) is 5.78 Å². The molecule has 2 aromatic rings. The molecule has 0 radical (unpaired) electrons. The second-order valence-corrected chi connectivity index (χ2v) is 5.32. The molecule has 6 heteroatoms. The van der Waals surface area contributed by atoms with Gasteiger partial charge in [-0.2, -0.15) is 0 Å². The van der Waals surface area contributed by atoms with Crippen LogP contribution in [0.15, 0.2) is 46.9 Å². The number of hydrogen-bond donors (Lipinski definition) is 1. The third-order valence-corrected chi connectivity index (χ3v) is 3.43. The summed E-state index contributed by atoms with van der Waals surface area (Å²) in [7, 11) is 0. The Balaban J connectivity index is 2.39. The van der Waals surface area contributed by atoms with Crippen LogP contribution >= 0.6 is 15.9 Å². The molecule has 0 spiro atoms. The SMILES string of the molecule is CCC(=O)c1ccc(Nc2cccc(Br)c2)c([N+](=O)[O-])c1. The molecular formula is C15H13BrN2O3. The molecule has 0 saturated heterocycles. The van der Waals surface area contributed by atoms with Crippen LogP contribution in [0.1, 0.15) is 23.7 Å². The molecule has 0 saturated carbocycles.